The predicted molar refractivity (Wildman–Crippen MR) is 109 cm³/mol. The Morgan fingerprint density at radius 1 is 1.36 bits per heavy atom. The van der Waals surface area contributed by atoms with Gasteiger partial charge in [-0.05, 0) is 43.5 Å². The highest BCUT2D eigenvalue weighted by atomic mass is 32.2. The van der Waals surface area contributed by atoms with Gasteiger partial charge in [-0.15, -0.1) is 11.8 Å². The summed E-state index contributed by atoms with van der Waals surface area (Å²) < 4.78 is 26.9. The quantitative estimate of drug-likeness (QED) is 0.665. The average Bonchev–Trinajstić information content (AvgIpc) is 3.23. The number of anilines is 1. The van der Waals surface area contributed by atoms with Crippen LogP contribution >= 0.6 is 11.8 Å². The minimum Gasteiger partial charge on any atom is -0.481 e. The lowest BCUT2D eigenvalue weighted by Gasteiger charge is -2.29. The van der Waals surface area contributed by atoms with Crippen LogP contribution in [0, 0.1) is 6.92 Å². The molecule has 2 aliphatic rings. The molecule has 0 bridgehead atoms. The molecular formula is C20H23F2N3O2S. The van der Waals surface area contributed by atoms with Crippen molar-refractivity contribution in [2.75, 3.05) is 11.1 Å². The number of nitrogens with one attached hydrogen (secondary N) is 2. The van der Waals surface area contributed by atoms with Gasteiger partial charge in [0.2, 0.25) is 5.92 Å². The van der Waals surface area contributed by atoms with Gasteiger partial charge in [0.15, 0.2) is 0 Å². The van der Waals surface area contributed by atoms with Crippen molar-refractivity contribution in [3.63, 3.8) is 0 Å². The zero-order valence-electron chi connectivity index (χ0n) is 15.6. The highest BCUT2D eigenvalue weighted by Gasteiger charge is 2.35. The fourth-order valence-corrected chi connectivity index (χ4v) is 4.93. The van der Waals surface area contributed by atoms with Gasteiger partial charge in [-0.25, -0.2) is 8.78 Å². The number of H-pyrrole nitrogens is 1. The molecule has 1 atom stereocenters. The van der Waals surface area contributed by atoms with E-state index >= 15 is 0 Å². The van der Waals surface area contributed by atoms with Crippen LogP contribution in [-0.2, 0) is 4.79 Å². The summed E-state index contributed by atoms with van der Waals surface area (Å²) >= 11 is 1.56. The number of halogens is 2. The molecule has 150 valence electrons. The van der Waals surface area contributed by atoms with Crippen molar-refractivity contribution in [1.82, 2.24) is 4.98 Å². The number of aryl methyl sites for hydroxylation is 1. The number of hydrogen-bond acceptors (Lipinski definition) is 4. The van der Waals surface area contributed by atoms with Crippen molar-refractivity contribution in [1.29, 1.82) is 0 Å². The number of aliphatic carboxylic acids is 1. The smallest absolute Gasteiger partial charge is 0.305 e. The van der Waals surface area contributed by atoms with Crippen LogP contribution in [0.2, 0.25) is 0 Å². The second kappa shape index (κ2) is 7.39. The van der Waals surface area contributed by atoms with E-state index in [1.807, 2.05) is 19.1 Å². The number of rotatable bonds is 5. The first-order valence-electron chi connectivity index (χ1n) is 9.49. The highest BCUT2D eigenvalue weighted by molar-refractivity contribution is 8.14. The molecule has 3 N–H and O–H groups in total. The number of carboxylic acid groups (broad SMARTS) is 1. The van der Waals surface area contributed by atoms with Crippen LogP contribution < -0.4 is 5.32 Å². The summed E-state index contributed by atoms with van der Waals surface area (Å²) in [7, 11) is 0. The van der Waals surface area contributed by atoms with Gasteiger partial charge in [0, 0.05) is 30.0 Å². The van der Waals surface area contributed by atoms with Crippen LogP contribution in [0.5, 0.6) is 0 Å². The Hall–Kier alpha value is -2.09. The number of nitrogens with zero attached hydrogens (tertiary/aromatic N) is 1. The predicted octanol–water partition coefficient (Wildman–Crippen LogP) is 4.80. The second-order valence-corrected chi connectivity index (χ2v) is 8.74. The fraction of sp³-hybridized carbons (Fsp3) is 0.500. The zero-order chi connectivity index (χ0) is 19.9. The van der Waals surface area contributed by atoms with Crippen LogP contribution in [0.25, 0.3) is 10.9 Å². The highest BCUT2D eigenvalue weighted by Crippen LogP contribution is 2.36. The van der Waals surface area contributed by atoms with Gasteiger partial charge in [-0.1, -0.05) is 0 Å². The number of thioether (sulfide) groups is 1. The molecule has 2 aromatic rings. The van der Waals surface area contributed by atoms with Gasteiger partial charge >= 0.3 is 5.97 Å². The Labute approximate surface area is 166 Å². The first-order valence-corrected chi connectivity index (χ1v) is 10.5. The molecule has 1 aliphatic carbocycles. The summed E-state index contributed by atoms with van der Waals surface area (Å²) in [5.74, 6) is -2.71. The Kier molecular flexibility index (Phi) is 5.07. The topological polar surface area (TPSA) is 77.5 Å². The molecule has 1 saturated carbocycles. The van der Waals surface area contributed by atoms with E-state index in [0.29, 0.717) is 18.6 Å². The lowest BCUT2D eigenvalue weighted by atomic mass is 9.92. The van der Waals surface area contributed by atoms with E-state index in [2.05, 4.69) is 21.4 Å². The minimum atomic E-state index is -2.54. The van der Waals surface area contributed by atoms with Crippen molar-refractivity contribution in [3.05, 3.63) is 29.5 Å². The molecule has 28 heavy (non-hydrogen) atoms. The lowest BCUT2D eigenvalue weighted by Crippen LogP contribution is -2.32. The van der Waals surface area contributed by atoms with Crippen molar-refractivity contribution in [3.8, 4) is 0 Å². The van der Waals surface area contributed by atoms with E-state index in [0.717, 1.165) is 32.9 Å². The SMILES string of the molecule is Cc1cc(NC2CCC(F)(F)CC2)c2[nH]c(C3=NC(CC(=O)O)CS3)cc2c1. The van der Waals surface area contributed by atoms with Crippen molar-refractivity contribution in [2.45, 2.75) is 57.0 Å². The molecule has 8 heteroatoms. The number of hydrogen-bond donors (Lipinski definition) is 3. The summed E-state index contributed by atoms with van der Waals surface area (Å²) in [6.45, 7) is 2.01. The average molecular weight is 407 g/mol. The van der Waals surface area contributed by atoms with Gasteiger partial charge < -0.3 is 15.4 Å². The Morgan fingerprint density at radius 2 is 2.11 bits per heavy atom. The Bertz CT molecular complexity index is 931. The number of benzene rings is 1. The Morgan fingerprint density at radius 3 is 2.82 bits per heavy atom. The van der Waals surface area contributed by atoms with E-state index in [-0.39, 0.29) is 31.3 Å². The molecule has 1 fully saturated rings. The number of carbonyl (C=O) groups is 1. The number of alkyl halides is 2. The van der Waals surface area contributed by atoms with Crippen LogP contribution in [0.3, 0.4) is 0 Å². The standard InChI is InChI=1S/C20H23F2N3O2S/c1-11-6-12-8-16(19-24-14(10-28-19)9-17(26)27)25-18(12)15(7-11)23-13-2-4-20(21,22)5-3-13/h6-8,13-14,23,25H,2-5,9-10H2,1H3,(H,26,27). The summed E-state index contributed by atoms with van der Waals surface area (Å²) in [6.07, 6.45) is 0.793. The van der Waals surface area contributed by atoms with Gasteiger partial charge in [0.1, 0.15) is 5.04 Å². The molecule has 0 radical (unpaired) electrons. The van der Waals surface area contributed by atoms with Crippen LogP contribution in [0.4, 0.5) is 14.5 Å². The van der Waals surface area contributed by atoms with Crippen LogP contribution in [0.15, 0.2) is 23.2 Å². The number of carboxylic acids is 1. The van der Waals surface area contributed by atoms with Gasteiger partial charge in [-0.3, -0.25) is 9.79 Å². The maximum Gasteiger partial charge on any atom is 0.305 e. The molecular weight excluding hydrogens is 384 g/mol. The summed E-state index contributed by atoms with van der Waals surface area (Å²) in [5.41, 5.74) is 3.81. The zero-order valence-corrected chi connectivity index (χ0v) is 16.4. The van der Waals surface area contributed by atoms with E-state index in [1.165, 1.54) is 0 Å². The maximum absolute atomic E-state index is 13.4. The largest absolute Gasteiger partial charge is 0.481 e. The summed E-state index contributed by atoms with van der Waals surface area (Å²) in [4.78, 5) is 18.9. The third-order valence-electron chi connectivity index (χ3n) is 5.30. The van der Waals surface area contributed by atoms with Gasteiger partial charge in [-0.2, -0.15) is 0 Å². The normalized spacial score (nSPS) is 22.4. The third kappa shape index (κ3) is 4.16. The van der Waals surface area contributed by atoms with Crippen LogP contribution in [-0.4, -0.2) is 44.9 Å². The van der Waals surface area contributed by atoms with E-state index in [1.54, 1.807) is 11.8 Å². The van der Waals surface area contributed by atoms with Crippen molar-refractivity contribution >= 4 is 39.4 Å². The van der Waals surface area contributed by atoms with Crippen molar-refractivity contribution < 1.29 is 18.7 Å². The molecule has 1 unspecified atom stereocenters. The molecule has 0 amide bonds. The van der Waals surface area contributed by atoms with E-state index in [9.17, 15) is 13.6 Å². The fourth-order valence-electron chi connectivity index (χ4n) is 3.90. The number of fused-ring (bicyclic) bond motifs is 1. The molecule has 2 heterocycles. The summed E-state index contributed by atoms with van der Waals surface area (Å²) in [6, 6.07) is 5.97. The van der Waals surface area contributed by atoms with E-state index in [4.69, 9.17) is 5.11 Å². The number of aromatic nitrogens is 1. The van der Waals surface area contributed by atoms with Crippen molar-refractivity contribution in [2.24, 2.45) is 4.99 Å². The monoisotopic (exact) mass is 407 g/mol. The van der Waals surface area contributed by atoms with Gasteiger partial charge in [0.25, 0.3) is 0 Å². The first-order chi connectivity index (χ1) is 13.3. The molecule has 0 spiro atoms. The lowest BCUT2D eigenvalue weighted by molar-refractivity contribution is -0.137. The molecule has 4 rings (SSSR count). The minimum absolute atomic E-state index is 0.0366. The van der Waals surface area contributed by atoms with E-state index < -0.39 is 11.9 Å². The number of aromatic amines is 1. The maximum atomic E-state index is 13.4. The molecule has 1 aliphatic heterocycles. The third-order valence-corrected chi connectivity index (χ3v) is 6.45. The second-order valence-electron chi connectivity index (χ2n) is 7.73. The molecule has 1 aromatic carbocycles. The van der Waals surface area contributed by atoms with Crippen LogP contribution in [0.1, 0.15) is 43.4 Å². The number of aliphatic imine (C=N–C) groups is 1. The Balaban J connectivity index is 1.58. The summed E-state index contributed by atoms with van der Waals surface area (Å²) in [5, 5.41) is 14.3. The first kappa shape index (κ1) is 19.2. The molecule has 1 aromatic heterocycles. The van der Waals surface area contributed by atoms with Gasteiger partial charge in [0.05, 0.1) is 29.4 Å². The molecule has 0 saturated heterocycles. The molecule has 5 nitrogen and oxygen atoms in total.